The zero-order valence-electron chi connectivity index (χ0n) is 20.1. The largest absolute Gasteiger partial charge is 0.467 e. The number of nitrogens with zero attached hydrogens (tertiary/aromatic N) is 2. The van der Waals surface area contributed by atoms with Gasteiger partial charge in [0.15, 0.2) is 5.13 Å². The Balaban J connectivity index is 1.30. The van der Waals surface area contributed by atoms with Crippen molar-refractivity contribution in [1.29, 1.82) is 0 Å². The van der Waals surface area contributed by atoms with Gasteiger partial charge in [-0.2, -0.15) is 5.10 Å². The summed E-state index contributed by atoms with van der Waals surface area (Å²) in [5.41, 5.74) is 2.80. The van der Waals surface area contributed by atoms with E-state index in [1.807, 2.05) is 24.4 Å². The van der Waals surface area contributed by atoms with Gasteiger partial charge < -0.3 is 20.7 Å². The molecule has 1 aliphatic heterocycles. The molecule has 1 aliphatic rings. The molecule has 12 heteroatoms. The molecule has 0 saturated heterocycles. The minimum absolute atomic E-state index is 0.0679. The molecule has 0 radical (unpaired) electrons. The quantitative estimate of drug-likeness (QED) is 0.220. The first-order valence-corrected chi connectivity index (χ1v) is 13.4. The summed E-state index contributed by atoms with van der Waals surface area (Å²) in [5.74, 6) is -0.472. The van der Waals surface area contributed by atoms with E-state index in [0.717, 1.165) is 35.9 Å². The fourth-order valence-electron chi connectivity index (χ4n) is 3.82. The molecule has 0 bridgehead atoms. The van der Waals surface area contributed by atoms with Gasteiger partial charge in [-0.25, -0.2) is 9.78 Å². The number of esters is 1. The molecule has 2 aromatic heterocycles. The molecule has 4 N–H and O–H groups in total. The minimum atomic E-state index is -1.01. The third kappa shape index (κ3) is 6.24. The van der Waals surface area contributed by atoms with Gasteiger partial charge in [0, 0.05) is 24.2 Å². The first kappa shape index (κ1) is 25.7. The highest BCUT2D eigenvalue weighted by Crippen LogP contribution is 2.25. The first-order chi connectivity index (χ1) is 17.5. The van der Waals surface area contributed by atoms with Crippen molar-refractivity contribution in [2.24, 2.45) is 0 Å². The lowest BCUT2D eigenvalue weighted by Gasteiger charge is -2.17. The Morgan fingerprint density at radius 1 is 1.25 bits per heavy atom. The third-order valence-corrected chi connectivity index (χ3v) is 7.88. The van der Waals surface area contributed by atoms with Gasteiger partial charge in [0.2, 0.25) is 0 Å². The molecule has 1 atom stereocenters. The van der Waals surface area contributed by atoms with E-state index in [1.54, 1.807) is 6.92 Å². The summed E-state index contributed by atoms with van der Waals surface area (Å²) in [5, 5.41) is 17.5. The first-order valence-electron chi connectivity index (χ1n) is 11.6. The van der Waals surface area contributed by atoms with Crippen molar-refractivity contribution >= 4 is 56.9 Å². The van der Waals surface area contributed by atoms with Gasteiger partial charge in [-0.15, -0.1) is 11.8 Å². The molecule has 3 aromatic rings. The highest BCUT2D eigenvalue weighted by molar-refractivity contribution is 8.04. The van der Waals surface area contributed by atoms with Gasteiger partial charge in [0.1, 0.15) is 10.9 Å². The smallest absolute Gasteiger partial charge is 0.330 e. The molecule has 10 nitrogen and oxygen atoms in total. The predicted molar refractivity (Wildman–Crippen MR) is 141 cm³/mol. The lowest BCUT2D eigenvalue weighted by Crippen LogP contribution is -2.49. The number of allylic oxidation sites excluding steroid dienone is 1. The number of hydrogen-bond acceptors (Lipinski definition) is 9. The van der Waals surface area contributed by atoms with Gasteiger partial charge in [0.25, 0.3) is 11.8 Å². The lowest BCUT2D eigenvalue weighted by molar-refractivity contribution is -0.142. The molecule has 0 unspecified atom stereocenters. The zero-order valence-corrected chi connectivity index (χ0v) is 21.7. The monoisotopic (exact) mass is 528 g/mol. The lowest BCUT2D eigenvalue weighted by atomic mass is 10.1. The van der Waals surface area contributed by atoms with E-state index in [1.165, 1.54) is 35.8 Å². The Kier molecular flexibility index (Phi) is 8.60. The standard InChI is InChI=1S/C24H28N6O4S2/c1-14-20(22(32)29-18(23(33)34-2)13-26-21(31)19-9-5-11-35-19)36-24(28-14)25-10-4-7-15-6-3-8-17-16(15)12-27-30-17/h3,6,8-9,12,18H,4-5,7,10-11,13H2,1-2H3,(H,25,28)(H,26,31)(H,27,30)(H,29,32)/t18-/m0/s1. The number of amides is 2. The topological polar surface area (TPSA) is 138 Å². The van der Waals surface area contributed by atoms with E-state index >= 15 is 0 Å². The van der Waals surface area contributed by atoms with Crippen LogP contribution in [0.4, 0.5) is 5.13 Å². The van der Waals surface area contributed by atoms with Crippen LogP contribution < -0.4 is 16.0 Å². The van der Waals surface area contributed by atoms with Crippen LogP contribution in [0.2, 0.25) is 0 Å². The number of benzene rings is 1. The van der Waals surface area contributed by atoms with Crippen LogP contribution in [-0.4, -0.2) is 65.0 Å². The number of fused-ring (bicyclic) bond motifs is 1. The Morgan fingerprint density at radius 2 is 2.11 bits per heavy atom. The minimum Gasteiger partial charge on any atom is -0.467 e. The molecule has 0 saturated carbocycles. The molecule has 0 aliphatic carbocycles. The number of carbonyl (C=O) groups excluding carboxylic acids is 3. The van der Waals surface area contributed by atoms with Gasteiger partial charge in [-0.1, -0.05) is 29.5 Å². The fourth-order valence-corrected chi connectivity index (χ4v) is 5.61. The Morgan fingerprint density at radius 3 is 2.89 bits per heavy atom. The Hall–Kier alpha value is -3.38. The van der Waals surface area contributed by atoms with Gasteiger partial charge in [-0.05, 0) is 37.8 Å². The number of methoxy groups -OCH3 is 1. The number of thioether (sulfide) groups is 1. The highest BCUT2D eigenvalue weighted by atomic mass is 32.2. The van der Waals surface area contributed by atoms with Crippen LogP contribution in [0.15, 0.2) is 35.4 Å². The van der Waals surface area contributed by atoms with Crippen molar-refractivity contribution < 1.29 is 19.1 Å². The second kappa shape index (κ2) is 12.0. The molecular formula is C24H28N6O4S2. The van der Waals surface area contributed by atoms with E-state index in [-0.39, 0.29) is 12.5 Å². The maximum absolute atomic E-state index is 12.9. The van der Waals surface area contributed by atoms with Crippen LogP contribution in [0.1, 0.15) is 33.8 Å². The Labute approximate surface area is 216 Å². The van der Waals surface area contributed by atoms with Crippen LogP contribution in [0, 0.1) is 6.92 Å². The number of anilines is 1. The SMILES string of the molecule is COC(=O)[C@H](CNC(=O)C1=CCCS1)NC(=O)c1sc(NCCCc2cccc3[nH]ncc23)nc1C. The maximum Gasteiger partial charge on any atom is 0.330 e. The second-order valence-electron chi connectivity index (χ2n) is 8.18. The molecule has 3 heterocycles. The summed E-state index contributed by atoms with van der Waals surface area (Å²) in [7, 11) is 1.24. The number of hydrogen-bond donors (Lipinski definition) is 4. The summed E-state index contributed by atoms with van der Waals surface area (Å²) in [6.07, 6.45) is 6.29. The maximum atomic E-state index is 12.9. The van der Waals surface area contributed by atoms with Crippen LogP contribution in [0.25, 0.3) is 10.9 Å². The van der Waals surface area contributed by atoms with Crippen LogP contribution in [-0.2, 0) is 20.7 Å². The van der Waals surface area contributed by atoms with Crippen molar-refractivity contribution in [1.82, 2.24) is 25.8 Å². The number of thiazole rings is 1. The molecule has 0 fully saturated rings. The zero-order chi connectivity index (χ0) is 25.5. The summed E-state index contributed by atoms with van der Waals surface area (Å²) in [4.78, 5) is 42.9. The van der Waals surface area contributed by atoms with E-state index in [4.69, 9.17) is 4.74 Å². The summed E-state index contributed by atoms with van der Waals surface area (Å²) < 4.78 is 4.81. The molecule has 190 valence electrons. The van der Waals surface area contributed by atoms with Crippen LogP contribution in [0.3, 0.4) is 0 Å². The van der Waals surface area contributed by atoms with Gasteiger partial charge in [-0.3, -0.25) is 14.7 Å². The van der Waals surface area contributed by atoms with Crippen LogP contribution >= 0.6 is 23.1 Å². The summed E-state index contributed by atoms with van der Waals surface area (Å²) in [6.45, 7) is 2.36. The normalized spacial score (nSPS) is 13.8. The number of carbonyl (C=O) groups is 3. The number of aromatic amines is 1. The van der Waals surface area contributed by atoms with Crippen LogP contribution in [0.5, 0.6) is 0 Å². The number of H-pyrrole nitrogens is 1. The van der Waals surface area contributed by atoms with Crippen molar-refractivity contribution in [3.63, 3.8) is 0 Å². The predicted octanol–water partition coefficient (Wildman–Crippen LogP) is 2.78. The van der Waals surface area contributed by atoms with E-state index in [0.29, 0.717) is 27.2 Å². The molecule has 0 spiro atoms. The van der Waals surface area contributed by atoms with Crippen molar-refractivity contribution in [2.45, 2.75) is 32.2 Å². The average molecular weight is 529 g/mol. The molecular weight excluding hydrogens is 500 g/mol. The second-order valence-corrected chi connectivity index (χ2v) is 10.3. The number of nitrogens with one attached hydrogen (secondary N) is 4. The molecule has 2 amide bonds. The van der Waals surface area contributed by atoms with Gasteiger partial charge in [0.05, 0.1) is 29.4 Å². The van der Waals surface area contributed by atoms with Crippen molar-refractivity contribution in [3.05, 3.63) is 51.5 Å². The molecule has 1 aromatic carbocycles. The number of aromatic nitrogens is 3. The number of rotatable bonds is 11. The summed E-state index contributed by atoms with van der Waals surface area (Å²) >= 11 is 2.69. The van der Waals surface area contributed by atoms with Gasteiger partial charge >= 0.3 is 5.97 Å². The summed E-state index contributed by atoms with van der Waals surface area (Å²) in [6, 6.07) is 5.09. The molecule has 36 heavy (non-hydrogen) atoms. The number of aryl methyl sites for hydroxylation is 2. The average Bonchev–Trinajstić information content (AvgIpc) is 3.64. The van der Waals surface area contributed by atoms with E-state index < -0.39 is 17.9 Å². The van der Waals surface area contributed by atoms with E-state index in [2.05, 4.69) is 37.2 Å². The molecule has 4 rings (SSSR count). The number of ether oxygens (including phenoxy) is 1. The van der Waals surface area contributed by atoms with Crippen molar-refractivity contribution in [2.75, 3.05) is 31.3 Å². The van der Waals surface area contributed by atoms with E-state index in [9.17, 15) is 14.4 Å². The fraction of sp³-hybridized carbons (Fsp3) is 0.375. The third-order valence-electron chi connectivity index (χ3n) is 5.66. The van der Waals surface area contributed by atoms with Crippen molar-refractivity contribution in [3.8, 4) is 0 Å². The Bertz CT molecular complexity index is 1280. The highest BCUT2D eigenvalue weighted by Gasteiger charge is 2.26.